The molecule has 1 atom stereocenters. The molecule has 0 bridgehead atoms. The number of imidazole rings is 1. The van der Waals surface area contributed by atoms with Gasteiger partial charge in [-0.2, -0.15) is 0 Å². The summed E-state index contributed by atoms with van der Waals surface area (Å²) in [5, 5.41) is 5.55. The van der Waals surface area contributed by atoms with E-state index in [2.05, 4.69) is 15.6 Å². The van der Waals surface area contributed by atoms with Gasteiger partial charge in [0.25, 0.3) is 0 Å². The van der Waals surface area contributed by atoms with Crippen LogP contribution >= 0.6 is 0 Å². The van der Waals surface area contributed by atoms with Gasteiger partial charge in [-0.1, -0.05) is 32.9 Å². The molecular formula is C18H24N4O2. The average molecular weight is 328 g/mol. The van der Waals surface area contributed by atoms with Crippen LogP contribution in [-0.4, -0.2) is 27.9 Å². The Morgan fingerprint density at radius 3 is 2.67 bits per heavy atom. The lowest BCUT2D eigenvalue weighted by Crippen LogP contribution is -2.42. The first-order chi connectivity index (χ1) is 11.3. The Bertz CT molecular complexity index is 702. The van der Waals surface area contributed by atoms with E-state index in [4.69, 9.17) is 0 Å². The third-order valence-electron chi connectivity index (χ3n) is 3.64. The number of hydrogen-bond acceptors (Lipinski definition) is 3. The summed E-state index contributed by atoms with van der Waals surface area (Å²) in [5.74, 6) is -0.361. The summed E-state index contributed by atoms with van der Waals surface area (Å²) in [5.41, 5.74) is 1.45. The van der Waals surface area contributed by atoms with Crippen LogP contribution in [0, 0.1) is 5.41 Å². The molecule has 0 spiro atoms. The lowest BCUT2D eigenvalue weighted by atomic mass is 9.96. The van der Waals surface area contributed by atoms with Gasteiger partial charge in [0.05, 0.1) is 18.9 Å². The normalized spacial score (nSPS) is 12.5. The maximum atomic E-state index is 12.0. The van der Waals surface area contributed by atoms with Crippen LogP contribution in [0.2, 0.25) is 0 Å². The van der Waals surface area contributed by atoms with Crippen molar-refractivity contribution in [3.8, 4) is 5.69 Å². The number of nitrogens with zero attached hydrogens (tertiary/aromatic N) is 2. The Morgan fingerprint density at radius 2 is 2.04 bits per heavy atom. The van der Waals surface area contributed by atoms with E-state index in [1.54, 1.807) is 12.5 Å². The minimum absolute atomic E-state index is 0.0261. The molecule has 1 aromatic heterocycles. The van der Waals surface area contributed by atoms with Gasteiger partial charge >= 0.3 is 0 Å². The maximum Gasteiger partial charge on any atom is 0.239 e. The zero-order chi connectivity index (χ0) is 17.7. The van der Waals surface area contributed by atoms with Gasteiger partial charge in [-0.25, -0.2) is 4.98 Å². The molecule has 6 nitrogen and oxygen atoms in total. The lowest BCUT2D eigenvalue weighted by molar-refractivity contribution is -0.131. The molecule has 6 heteroatoms. The number of rotatable bonds is 5. The van der Waals surface area contributed by atoms with E-state index in [0.29, 0.717) is 0 Å². The van der Waals surface area contributed by atoms with Crippen molar-refractivity contribution in [1.82, 2.24) is 20.2 Å². The van der Waals surface area contributed by atoms with Crippen LogP contribution in [0.5, 0.6) is 0 Å². The van der Waals surface area contributed by atoms with E-state index in [1.165, 1.54) is 0 Å². The first kappa shape index (κ1) is 17.7. The van der Waals surface area contributed by atoms with E-state index in [9.17, 15) is 9.59 Å². The minimum atomic E-state index is -0.509. The molecule has 0 saturated heterocycles. The molecular weight excluding hydrogens is 304 g/mol. The van der Waals surface area contributed by atoms with Crippen molar-refractivity contribution in [3.05, 3.63) is 48.5 Å². The van der Waals surface area contributed by atoms with Crippen LogP contribution < -0.4 is 10.6 Å². The summed E-state index contributed by atoms with van der Waals surface area (Å²) in [6, 6.07) is 7.71. The Morgan fingerprint density at radius 1 is 1.29 bits per heavy atom. The topological polar surface area (TPSA) is 76.0 Å². The third-order valence-corrected chi connectivity index (χ3v) is 3.64. The van der Waals surface area contributed by atoms with Gasteiger partial charge in [0, 0.05) is 23.5 Å². The molecule has 0 aliphatic carbocycles. The highest BCUT2D eigenvalue weighted by molar-refractivity contribution is 5.87. The van der Waals surface area contributed by atoms with E-state index in [1.807, 2.05) is 62.7 Å². The average Bonchev–Trinajstić information content (AvgIpc) is 3.06. The van der Waals surface area contributed by atoms with Crippen LogP contribution in [-0.2, 0) is 9.59 Å². The number of carbonyl (C=O) groups is 2. The molecule has 0 fully saturated rings. The highest BCUT2D eigenvalue weighted by atomic mass is 16.2. The summed E-state index contributed by atoms with van der Waals surface area (Å²) < 4.78 is 1.90. The second-order valence-electron chi connectivity index (χ2n) is 6.79. The molecule has 0 saturated carbocycles. The summed E-state index contributed by atoms with van der Waals surface area (Å²) in [6.45, 7) is 7.32. The number of hydrogen-bond donors (Lipinski definition) is 2. The predicted molar refractivity (Wildman–Crippen MR) is 92.6 cm³/mol. The molecule has 128 valence electrons. The summed E-state index contributed by atoms with van der Waals surface area (Å²) in [6.07, 6.45) is 5.31. The molecule has 2 rings (SSSR count). The second kappa shape index (κ2) is 7.29. The van der Waals surface area contributed by atoms with Crippen molar-refractivity contribution in [2.24, 2.45) is 5.41 Å². The van der Waals surface area contributed by atoms with E-state index in [0.717, 1.165) is 11.3 Å². The van der Waals surface area contributed by atoms with Crippen LogP contribution in [0.4, 0.5) is 0 Å². The first-order valence-corrected chi connectivity index (χ1v) is 7.93. The zero-order valence-electron chi connectivity index (χ0n) is 14.5. The Hall–Kier alpha value is -2.63. The predicted octanol–water partition coefficient (Wildman–Crippen LogP) is 2.21. The maximum absolute atomic E-state index is 12.0. The van der Waals surface area contributed by atoms with Crippen molar-refractivity contribution in [3.63, 3.8) is 0 Å². The smallest absolute Gasteiger partial charge is 0.239 e. The minimum Gasteiger partial charge on any atom is -0.348 e. The second-order valence-corrected chi connectivity index (χ2v) is 6.79. The van der Waals surface area contributed by atoms with Gasteiger partial charge in [0.2, 0.25) is 11.8 Å². The summed E-state index contributed by atoms with van der Waals surface area (Å²) >= 11 is 0. The fourth-order valence-electron chi connectivity index (χ4n) is 2.17. The van der Waals surface area contributed by atoms with Crippen molar-refractivity contribution in [2.75, 3.05) is 6.54 Å². The third kappa shape index (κ3) is 4.68. The quantitative estimate of drug-likeness (QED) is 0.883. The van der Waals surface area contributed by atoms with Gasteiger partial charge in [-0.05, 0) is 24.6 Å². The highest BCUT2D eigenvalue weighted by Gasteiger charge is 2.21. The van der Waals surface area contributed by atoms with Crippen molar-refractivity contribution in [1.29, 1.82) is 0 Å². The summed E-state index contributed by atoms with van der Waals surface area (Å²) in [4.78, 5) is 27.9. The Balaban J connectivity index is 1.95. The van der Waals surface area contributed by atoms with Crippen LogP contribution in [0.1, 0.15) is 39.3 Å². The van der Waals surface area contributed by atoms with Crippen LogP contribution in [0.15, 0.2) is 43.0 Å². The molecule has 24 heavy (non-hydrogen) atoms. The number of nitrogens with one attached hydrogen (secondary N) is 2. The monoisotopic (exact) mass is 328 g/mol. The van der Waals surface area contributed by atoms with Crippen molar-refractivity contribution in [2.45, 2.75) is 33.7 Å². The number of benzene rings is 1. The Kier molecular flexibility index (Phi) is 5.39. The highest BCUT2D eigenvalue weighted by Crippen LogP contribution is 2.17. The lowest BCUT2D eigenvalue weighted by Gasteiger charge is -2.19. The van der Waals surface area contributed by atoms with Crippen molar-refractivity contribution < 1.29 is 9.59 Å². The molecule has 0 aliphatic heterocycles. The fourth-order valence-corrected chi connectivity index (χ4v) is 2.17. The Labute approximate surface area is 142 Å². The first-order valence-electron chi connectivity index (χ1n) is 7.93. The standard InChI is InChI=1S/C18H24N4O2/c1-13(21-16(23)11-20-17(24)18(2,3)4)14-6-5-7-15(10-14)22-9-8-19-12-22/h5-10,12-13H,11H2,1-4H3,(H,20,24)(H,21,23)/t13-/m1/s1. The molecule has 1 heterocycles. The van der Waals surface area contributed by atoms with Gasteiger partial charge in [0.15, 0.2) is 0 Å². The van der Waals surface area contributed by atoms with Gasteiger partial charge in [-0.15, -0.1) is 0 Å². The molecule has 0 radical (unpaired) electrons. The molecule has 2 aromatic rings. The number of amides is 2. The SMILES string of the molecule is C[C@@H](NC(=O)CNC(=O)C(C)(C)C)c1cccc(-n2ccnc2)c1. The van der Waals surface area contributed by atoms with E-state index < -0.39 is 5.41 Å². The molecule has 0 unspecified atom stereocenters. The molecule has 0 aliphatic rings. The van der Waals surface area contributed by atoms with Crippen molar-refractivity contribution >= 4 is 11.8 Å². The molecule has 2 N–H and O–H groups in total. The van der Waals surface area contributed by atoms with Crippen LogP contribution in [0.25, 0.3) is 5.69 Å². The largest absolute Gasteiger partial charge is 0.348 e. The van der Waals surface area contributed by atoms with E-state index in [-0.39, 0.29) is 24.4 Å². The van der Waals surface area contributed by atoms with Gasteiger partial charge in [0.1, 0.15) is 0 Å². The zero-order valence-corrected chi connectivity index (χ0v) is 14.5. The molecule has 2 amide bonds. The van der Waals surface area contributed by atoms with E-state index >= 15 is 0 Å². The van der Waals surface area contributed by atoms with Crippen LogP contribution in [0.3, 0.4) is 0 Å². The number of carbonyl (C=O) groups excluding carboxylic acids is 2. The fraction of sp³-hybridized carbons (Fsp3) is 0.389. The number of aromatic nitrogens is 2. The molecule has 1 aromatic carbocycles. The summed E-state index contributed by atoms with van der Waals surface area (Å²) in [7, 11) is 0. The van der Waals surface area contributed by atoms with Gasteiger partial charge < -0.3 is 15.2 Å². The van der Waals surface area contributed by atoms with Gasteiger partial charge in [-0.3, -0.25) is 9.59 Å².